The Morgan fingerprint density at radius 2 is 1.91 bits per heavy atom. The van der Waals surface area contributed by atoms with Crippen LogP contribution in [-0.4, -0.2) is 63.6 Å². The van der Waals surface area contributed by atoms with Crippen molar-refractivity contribution < 1.29 is 22.7 Å². The zero-order chi connectivity index (χ0) is 17.0. The van der Waals surface area contributed by atoms with Gasteiger partial charge in [-0.25, -0.2) is 13.2 Å². The van der Waals surface area contributed by atoms with Crippen LogP contribution in [0.15, 0.2) is 27.6 Å². The van der Waals surface area contributed by atoms with Crippen molar-refractivity contribution in [3.8, 4) is 5.75 Å². The number of benzene rings is 1. The second-order valence-corrected chi connectivity index (χ2v) is 7.68. The van der Waals surface area contributed by atoms with Gasteiger partial charge in [0, 0.05) is 32.2 Å². The van der Waals surface area contributed by atoms with Gasteiger partial charge in [-0.1, -0.05) is 0 Å². The minimum atomic E-state index is -3.62. The molecule has 1 saturated heterocycles. The number of methoxy groups -OCH3 is 1. The van der Waals surface area contributed by atoms with Gasteiger partial charge in [-0.15, -0.1) is 0 Å². The highest BCUT2D eigenvalue weighted by atomic mass is 79.9. The Hall–Kier alpha value is -1.32. The van der Waals surface area contributed by atoms with Crippen molar-refractivity contribution in [1.82, 2.24) is 9.21 Å². The SMILES string of the molecule is CCOC(=O)N1CCN(S(=O)(=O)c2ccc(Br)c(OC)c2)CC1. The lowest BCUT2D eigenvalue weighted by Gasteiger charge is -2.33. The maximum atomic E-state index is 12.7. The van der Waals surface area contributed by atoms with Gasteiger partial charge in [-0.05, 0) is 35.0 Å². The molecule has 9 heteroatoms. The number of rotatable bonds is 4. The fourth-order valence-electron chi connectivity index (χ4n) is 2.28. The first kappa shape index (κ1) is 18.0. The Balaban J connectivity index is 2.11. The molecule has 7 nitrogen and oxygen atoms in total. The summed E-state index contributed by atoms with van der Waals surface area (Å²) in [7, 11) is -2.14. The lowest BCUT2D eigenvalue weighted by molar-refractivity contribution is 0.0934. The van der Waals surface area contributed by atoms with Crippen molar-refractivity contribution in [3.05, 3.63) is 22.7 Å². The van der Waals surface area contributed by atoms with E-state index in [0.717, 1.165) is 0 Å². The molecule has 0 bridgehead atoms. The van der Waals surface area contributed by atoms with Crippen LogP contribution in [-0.2, 0) is 14.8 Å². The van der Waals surface area contributed by atoms with E-state index in [-0.39, 0.29) is 18.0 Å². The largest absolute Gasteiger partial charge is 0.496 e. The summed E-state index contributed by atoms with van der Waals surface area (Å²) < 4.78 is 37.5. The van der Waals surface area contributed by atoms with Crippen molar-refractivity contribution in [1.29, 1.82) is 0 Å². The van der Waals surface area contributed by atoms with Crippen LogP contribution in [0, 0.1) is 0 Å². The Bertz CT molecular complexity index is 672. The molecule has 1 aliphatic heterocycles. The van der Waals surface area contributed by atoms with Gasteiger partial charge in [-0.3, -0.25) is 0 Å². The quantitative estimate of drug-likeness (QED) is 0.763. The molecular weight excluding hydrogens is 388 g/mol. The van der Waals surface area contributed by atoms with E-state index in [1.165, 1.54) is 28.4 Å². The second kappa shape index (κ2) is 7.50. The van der Waals surface area contributed by atoms with Gasteiger partial charge in [0.2, 0.25) is 10.0 Å². The first-order valence-electron chi connectivity index (χ1n) is 7.15. The topological polar surface area (TPSA) is 76.2 Å². The lowest BCUT2D eigenvalue weighted by Crippen LogP contribution is -2.50. The highest BCUT2D eigenvalue weighted by Crippen LogP contribution is 2.29. The van der Waals surface area contributed by atoms with Gasteiger partial charge in [0.1, 0.15) is 5.75 Å². The van der Waals surface area contributed by atoms with E-state index in [2.05, 4.69) is 15.9 Å². The van der Waals surface area contributed by atoms with E-state index in [1.807, 2.05) is 0 Å². The molecular formula is C14H19BrN2O5S. The number of carbonyl (C=O) groups is 1. The van der Waals surface area contributed by atoms with Crippen LogP contribution in [0.25, 0.3) is 0 Å². The van der Waals surface area contributed by atoms with Gasteiger partial charge in [-0.2, -0.15) is 4.31 Å². The monoisotopic (exact) mass is 406 g/mol. The molecule has 1 aromatic carbocycles. The number of hydrogen-bond donors (Lipinski definition) is 0. The molecule has 0 unspecified atom stereocenters. The van der Waals surface area contributed by atoms with Crippen LogP contribution in [0.5, 0.6) is 5.75 Å². The van der Waals surface area contributed by atoms with Gasteiger partial charge < -0.3 is 14.4 Å². The summed E-state index contributed by atoms with van der Waals surface area (Å²) in [6, 6.07) is 4.65. The normalized spacial score (nSPS) is 16.2. The van der Waals surface area contributed by atoms with Crippen molar-refractivity contribution in [2.45, 2.75) is 11.8 Å². The molecule has 2 rings (SSSR count). The maximum Gasteiger partial charge on any atom is 0.409 e. The molecule has 0 N–H and O–H groups in total. The van der Waals surface area contributed by atoms with E-state index < -0.39 is 16.1 Å². The number of ether oxygens (including phenoxy) is 2. The van der Waals surface area contributed by atoms with Crippen LogP contribution in [0.3, 0.4) is 0 Å². The van der Waals surface area contributed by atoms with Gasteiger partial charge in [0.25, 0.3) is 0 Å². The Labute approximate surface area is 144 Å². The number of halogens is 1. The molecule has 0 aromatic heterocycles. The minimum absolute atomic E-state index is 0.169. The van der Waals surface area contributed by atoms with Crippen molar-refractivity contribution in [2.24, 2.45) is 0 Å². The smallest absolute Gasteiger partial charge is 0.409 e. The third-order valence-corrected chi connectivity index (χ3v) is 6.07. The maximum absolute atomic E-state index is 12.7. The first-order chi connectivity index (χ1) is 10.9. The molecule has 0 aliphatic carbocycles. The molecule has 1 heterocycles. The predicted octanol–water partition coefficient (Wildman–Crippen LogP) is 1.92. The molecule has 0 spiro atoms. The zero-order valence-electron chi connectivity index (χ0n) is 13.0. The van der Waals surface area contributed by atoms with Gasteiger partial charge in [0.05, 0.1) is 23.1 Å². The molecule has 0 radical (unpaired) electrons. The van der Waals surface area contributed by atoms with Crippen LogP contribution in [0.1, 0.15) is 6.92 Å². The molecule has 23 heavy (non-hydrogen) atoms. The summed E-state index contributed by atoms with van der Waals surface area (Å²) >= 11 is 3.30. The first-order valence-corrected chi connectivity index (χ1v) is 9.39. The minimum Gasteiger partial charge on any atom is -0.496 e. The Kier molecular flexibility index (Phi) is 5.88. The average molecular weight is 407 g/mol. The summed E-state index contributed by atoms with van der Waals surface area (Å²) in [5.41, 5.74) is 0. The molecule has 128 valence electrons. The average Bonchev–Trinajstić information content (AvgIpc) is 2.55. The summed E-state index contributed by atoms with van der Waals surface area (Å²) in [5, 5.41) is 0. The molecule has 1 aliphatic rings. The standard InChI is InChI=1S/C14H19BrN2O5S/c1-3-22-14(18)16-6-8-17(9-7-16)23(19,20)11-4-5-12(15)13(10-11)21-2/h4-5,10H,3,6-9H2,1-2H3. The van der Waals surface area contributed by atoms with Crippen molar-refractivity contribution >= 4 is 32.0 Å². The number of carbonyl (C=O) groups excluding carboxylic acids is 1. The third-order valence-electron chi connectivity index (χ3n) is 3.53. The number of hydrogen-bond acceptors (Lipinski definition) is 5. The molecule has 1 amide bonds. The van der Waals surface area contributed by atoms with E-state index >= 15 is 0 Å². The van der Waals surface area contributed by atoms with Crippen LogP contribution in [0.4, 0.5) is 4.79 Å². The lowest BCUT2D eigenvalue weighted by atomic mass is 10.3. The van der Waals surface area contributed by atoms with Crippen molar-refractivity contribution in [2.75, 3.05) is 39.9 Å². The summed E-state index contributed by atoms with van der Waals surface area (Å²) in [4.78, 5) is 13.3. The fourth-order valence-corrected chi connectivity index (χ4v) is 4.12. The summed E-state index contributed by atoms with van der Waals surface area (Å²) in [6.45, 7) is 3.13. The molecule has 0 atom stereocenters. The Morgan fingerprint density at radius 1 is 1.26 bits per heavy atom. The number of amides is 1. The van der Waals surface area contributed by atoms with Crippen LogP contribution in [0.2, 0.25) is 0 Å². The number of nitrogens with zero attached hydrogens (tertiary/aromatic N) is 2. The highest BCUT2D eigenvalue weighted by molar-refractivity contribution is 9.10. The van der Waals surface area contributed by atoms with Crippen molar-refractivity contribution in [3.63, 3.8) is 0 Å². The van der Waals surface area contributed by atoms with E-state index in [1.54, 1.807) is 13.0 Å². The highest BCUT2D eigenvalue weighted by Gasteiger charge is 2.31. The van der Waals surface area contributed by atoms with E-state index in [9.17, 15) is 13.2 Å². The third kappa shape index (κ3) is 3.96. The number of piperazine rings is 1. The van der Waals surface area contributed by atoms with E-state index in [4.69, 9.17) is 9.47 Å². The zero-order valence-corrected chi connectivity index (χ0v) is 15.4. The molecule has 1 aromatic rings. The van der Waals surface area contributed by atoms with Crippen LogP contribution >= 0.6 is 15.9 Å². The van der Waals surface area contributed by atoms with Gasteiger partial charge >= 0.3 is 6.09 Å². The fraction of sp³-hybridized carbons (Fsp3) is 0.500. The van der Waals surface area contributed by atoms with E-state index in [0.29, 0.717) is 29.9 Å². The number of sulfonamides is 1. The molecule has 0 saturated carbocycles. The predicted molar refractivity (Wildman–Crippen MR) is 88.0 cm³/mol. The summed E-state index contributed by atoms with van der Waals surface area (Å²) in [5.74, 6) is 0.455. The molecule has 1 fully saturated rings. The summed E-state index contributed by atoms with van der Waals surface area (Å²) in [6.07, 6.45) is -0.408. The Morgan fingerprint density at radius 3 is 2.48 bits per heavy atom. The van der Waals surface area contributed by atoms with Gasteiger partial charge in [0.15, 0.2) is 0 Å². The van der Waals surface area contributed by atoms with Crippen LogP contribution < -0.4 is 4.74 Å². The second-order valence-electron chi connectivity index (χ2n) is 4.89.